The van der Waals surface area contributed by atoms with E-state index >= 15 is 0 Å². The quantitative estimate of drug-likeness (QED) is 0.464. The molecule has 176 valence electrons. The third-order valence-electron chi connectivity index (χ3n) is 5.72. The van der Waals surface area contributed by atoms with Gasteiger partial charge in [0, 0.05) is 5.56 Å². The number of hydrogen-bond acceptors (Lipinski definition) is 6. The number of nitrogens with one attached hydrogen (secondary N) is 3. The largest absolute Gasteiger partial charge is 0.344 e. The van der Waals surface area contributed by atoms with Crippen LogP contribution in [0, 0.1) is 0 Å². The Balaban J connectivity index is 1.40. The van der Waals surface area contributed by atoms with Crippen LogP contribution < -0.4 is 15.5 Å². The van der Waals surface area contributed by atoms with Crippen molar-refractivity contribution in [2.24, 2.45) is 4.99 Å². The fourth-order valence-electron chi connectivity index (χ4n) is 4.13. The third kappa shape index (κ3) is 3.71. The number of sulfonamides is 1. The Hall–Kier alpha value is -4.51. The van der Waals surface area contributed by atoms with Crippen molar-refractivity contribution in [3.63, 3.8) is 0 Å². The molecule has 0 aromatic heterocycles. The van der Waals surface area contributed by atoms with Crippen LogP contribution in [0.5, 0.6) is 0 Å². The molecular weight excluding hydrogens is 470 g/mol. The highest BCUT2D eigenvalue weighted by Gasteiger charge is 2.54. The van der Waals surface area contributed by atoms with Gasteiger partial charge in [0.15, 0.2) is 5.54 Å². The Morgan fingerprint density at radius 1 is 0.886 bits per heavy atom. The zero-order valence-corrected chi connectivity index (χ0v) is 19.0. The van der Waals surface area contributed by atoms with Crippen LogP contribution in [-0.2, 0) is 25.2 Å². The average molecular weight is 490 g/mol. The van der Waals surface area contributed by atoms with Gasteiger partial charge in [-0.3, -0.25) is 24.7 Å². The Morgan fingerprint density at radius 2 is 1.46 bits per heavy atom. The molecule has 0 radical (unpaired) electrons. The molecular formula is C24H19N5O5S. The van der Waals surface area contributed by atoms with Crippen molar-refractivity contribution in [2.45, 2.75) is 10.4 Å². The predicted molar refractivity (Wildman–Crippen MR) is 125 cm³/mol. The lowest BCUT2D eigenvalue weighted by molar-refractivity contribution is -0.137. The Morgan fingerprint density at radius 3 is 2.09 bits per heavy atom. The van der Waals surface area contributed by atoms with Crippen molar-refractivity contribution in [1.82, 2.24) is 20.5 Å². The number of rotatable bonds is 5. The first-order valence-corrected chi connectivity index (χ1v) is 12.1. The van der Waals surface area contributed by atoms with E-state index in [9.17, 15) is 22.8 Å². The fraction of sp³-hybridized carbons (Fsp3) is 0.0833. The summed E-state index contributed by atoms with van der Waals surface area (Å²) in [5, 5.41) is 3.34. The number of urea groups is 1. The summed E-state index contributed by atoms with van der Waals surface area (Å²) in [6.45, 7) is -0.521. The lowest BCUT2D eigenvalue weighted by atomic mass is 9.83. The highest BCUT2D eigenvalue weighted by molar-refractivity contribution is 7.90. The van der Waals surface area contributed by atoms with Gasteiger partial charge in [-0.1, -0.05) is 72.8 Å². The lowest BCUT2D eigenvalue weighted by Gasteiger charge is -2.27. The molecule has 0 unspecified atom stereocenters. The molecule has 2 aliphatic heterocycles. The zero-order valence-electron chi connectivity index (χ0n) is 18.1. The van der Waals surface area contributed by atoms with E-state index in [4.69, 9.17) is 0 Å². The number of imide groups is 1. The second kappa shape index (κ2) is 8.37. The summed E-state index contributed by atoms with van der Waals surface area (Å²) in [4.78, 5) is 43.2. The maximum absolute atomic E-state index is 13.6. The smallest absolute Gasteiger partial charge is 0.314 e. The van der Waals surface area contributed by atoms with Crippen LogP contribution in [0.25, 0.3) is 0 Å². The molecule has 11 heteroatoms. The highest BCUT2D eigenvalue weighted by Crippen LogP contribution is 2.35. The van der Waals surface area contributed by atoms with E-state index < -0.39 is 40.0 Å². The number of amides is 4. The number of hydrogen-bond donors (Lipinski definition) is 3. The summed E-state index contributed by atoms with van der Waals surface area (Å²) in [7, 11) is -3.76. The standard InChI is InChI=1S/C24H19N5O5S/c30-20(15-25-21-18-13-7-8-14-19(18)35(33,34)28-21)27-29-22(31)24(26-23(29)32,16-9-3-1-4-10-16)17-11-5-2-6-12-17/h1-14H,15H2,(H,25,28)(H,26,32)(H,27,30). The Labute approximate surface area is 200 Å². The zero-order chi connectivity index (χ0) is 24.6. The minimum Gasteiger partial charge on any atom is -0.314 e. The number of hydrazine groups is 1. The number of amidine groups is 1. The topological polar surface area (TPSA) is 137 Å². The Bertz CT molecular complexity index is 1430. The summed E-state index contributed by atoms with van der Waals surface area (Å²) in [6.07, 6.45) is 0. The summed E-state index contributed by atoms with van der Waals surface area (Å²) in [6, 6.07) is 22.8. The molecule has 3 N–H and O–H groups in total. The molecule has 3 aromatic rings. The summed E-state index contributed by atoms with van der Waals surface area (Å²) < 4.78 is 26.7. The molecule has 0 atom stereocenters. The number of carbonyl (C=O) groups excluding carboxylic acids is 3. The monoisotopic (exact) mass is 489 g/mol. The van der Waals surface area contributed by atoms with E-state index in [1.165, 1.54) is 6.07 Å². The van der Waals surface area contributed by atoms with E-state index in [1.807, 2.05) is 0 Å². The number of nitrogens with zero attached hydrogens (tertiary/aromatic N) is 2. The second-order valence-corrected chi connectivity index (χ2v) is 9.51. The molecule has 3 aromatic carbocycles. The predicted octanol–water partition coefficient (Wildman–Crippen LogP) is 1.25. The van der Waals surface area contributed by atoms with Crippen LogP contribution in [0.15, 0.2) is 94.8 Å². The molecule has 0 saturated carbocycles. The van der Waals surface area contributed by atoms with Gasteiger partial charge in [-0.05, 0) is 23.3 Å². The molecule has 5 rings (SSSR count). The minimum atomic E-state index is -3.76. The van der Waals surface area contributed by atoms with Gasteiger partial charge in [0.25, 0.3) is 21.8 Å². The van der Waals surface area contributed by atoms with Gasteiger partial charge in [-0.25, -0.2) is 13.2 Å². The van der Waals surface area contributed by atoms with Gasteiger partial charge < -0.3 is 5.32 Å². The van der Waals surface area contributed by atoms with Gasteiger partial charge in [0.1, 0.15) is 12.4 Å². The van der Waals surface area contributed by atoms with Crippen molar-refractivity contribution < 1.29 is 22.8 Å². The van der Waals surface area contributed by atoms with Crippen LogP contribution in [0.1, 0.15) is 16.7 Å². The molecule has 10 nitrogen and oxygen atoms in total. The first-order chi connectivity index (χ1) is 16.8. The van der Waals surface area contributed by atoms with Crippen LogP contribution in [0.3, 0.4) is 0 Å². The van der Waals surface area contributed by atoms with Crippen molar-refractivity contribution in [3.8, 4) is 0 Å². The summed E-state index contributed by atoms with van der Waals surface area (Å²) >= 11 is 0. The van der Waals surface area contributed by atoms with E-state index in [2.05, 4.69) is 20.5 Å². The number of benzene rings is 3. The van der Waals surface area contributed by atoms with Crippen LogP contribution in [0.4, 0.5) is 4.79 Å². The SMILES string of the molecule is O=C(CN=C1NS(=O)(=O)c2ccccc21)NN1C(=O)NC(c2ccccc2)(c2ccccc2)C1=O. The molecule has 2 heterocycles. The molecule has 1 fully saturated rings. The third-order valence-corrected chi connectivity index (χ3v) is 7.11. The van der Waals surface area contributed by atoms with E-state index in [0.717, 1.165) is 0 Å². The normalized spacial score (nSPS) is 18.6. The molecule has 0 bridgehead atoms. The lowest BCUT2D eigenvalue weighted by Crippen LogP contribution is -2.49. The van der Waals surface area contributed by atoms with Crippen LogP contribution in [-0.4, -0.2) is 43.7 Å². The number of fused-ring (bicyclic) bond motifs is 1. The molecule has 4 amide bonds. The van der Waals surface area contributed by atoms with Crippen LogP contribution in [0.2, 0.25) is 0 Å². The minimum absolute atomic E-state index is 0.0101. The first-order valence-electron chi connectivity index (χ1n) is 10.6. The van der Waals surface area contributed by atoms with Gasteiger partial charge in [0.05, 0.1) is 4.90 Å². The molecule has 1 saturated heterocycles. The van der Waals surface area contributed by atoms with Gasteiger partial charge in [0.2, 0.25) is 0 Å². The van der Waals surface area contributed by atoms with Crippen molar-refractivity contribution in [3.05, 3.63) is 102 Å². The second-order valence-electron chi connectivity index (χ2n) is 7.85. The number of aliphatic imine (C=N–C) groups is 1. The van der Waals surface area contributed by atoms with Crippen LogP contribution >= 0.6 is 0 Å². The maximum atomic E-state index is 13.6. The summed E-state index contributed by atoms with van der Waals surface area (Å²) in [5.74, 6) is -1.45. The molecule has 0 aliphatic carbocycles. The number of carbonyl (C=O) groups is 3. The van der Waals surface area contributed by atoms with Crippen molar-refractivity contribution in [2.75, 3.05) is 6.54 Å². The Kier molecular flexibility index (Phi) is 5.33. The van der Waals surface area contributed by atoms with E-state index in [-0.39, 0.29) is 10.7 Å². The molecule has 2 aliphatic rings. The fourth-order valence-corrected chi connectivity index (χ4v) is 5.38. The molecule has 0 spiro atoms. The average Bonchev–Trinajstić information content (AvgIpc) is 3.29. The van der Waals surface area contributed by atoms with Gasteiger partial charge in [-0.2, -0.15) is 5.01 Å². The van der Waals surface area contributed by atoms with Gasteiger partial charge in [-0.15, -0.1) is 0 Å². The van der Waals surface area contributed by atoms with E-state index in [0.29, 0.717) is 21.7 Å². The molecule has 35 heavy (non-hydrogen) atoms. The first kappa shape index (κ1) is 22.3. The maximum Gasteiger partial charge on any atom is 0.344 e. The summed E-state index contributed by atoms with van der Waals surface area (Å²) in [5.41, 5.74) is 2.15. The van der Waals surface area contributed by atoms with E-state index in [1.54, 1.807) is 78.9 Å². The van der Waals surface area contributed by atoms with Crippen molar-refractivity contribution >= 4 is 33.7 Å². The van der Waals surface area contributed by atoms with Crippen molar-refractivity contribution in [1.29, 1.82) is 0 Å². The highest BCUT2D eigenvalue weighted by atomic mass is 32.2. The van der Waals surface area contributed by atoms with Gasteiger partial charge >= 0.3 is 6.03 Å².